The number of benzene rings is 2. The molecule has 0 bridgehead atoms. The number of hydrogen-bond acceptors (Lipinski definition) is 4. The smallest absolute Gasteiger partial charge is 0.278 e. The topological polar surface area (TPSA) is 70.4 Å². The van der Waals surface area contributed by atoms with Crippen LogP contribution in [0.25, 0.3) is 27.2 Å². The Morgan fingerprint density at radius 2 is 1.72 bits per heavy atom. The molecule has 5 aromatic rings. The van der Waals surface area contributed by atoms with Crippen molar-refractivity contribution in [3.05, 3.63) is 106 Å². The maximum Gasteiger partial charge on any atom is 0.278 e. The number of fused-ring (bicyclic) bond motifs is 1. The van der Waals surface area contributed by atoms with Gasteiger partial charge in [0.25, 0.3) is 5.56 Å². The van der Waals surface area contributed by atoms with E-state index in [1.807, 2.05) is 36.4 Å². The molecule has 6 heteroatoms. The van der Waals surface area contributed by atoms with E-state index in [1.165, 1.54) is 10.7 Å². The van der Waals surface area contributed by atoms with Gasteiger partial charge in [-0.1, -0.05) is 60.7 Å². The molecule has 1 unspecified atom stereocenters. The second kappa shape index (κ2) is 7.16. The van der Waals surface area contributed by atoms with Crippen LogP contribution in [-0.4, -0.2) is 19.7 Å². The molecule has 2 aromatic carbocycles. The normalized spacial score (nSPS) is 12.3. The van der Waals surface area contributed by atoms with Crippen LogP contribution in [0.2, 0.25) is 0 Å². The van der Waals surface area contributed by atoms with Crippen molar-refractivity contribution in [3.63, 3.8) is 0 Å². The maximum absolute atomic E-state index is 12.9. The van der Waals surface area contributed by atoms with Gasteiger partial charge in [-0.2, -0.15) is 0 Å². The van der Waals surface area contributed by atoms with Crippen LogP contribution in [0.1, 0.15) is 17.2 Å². The first-order chi connectivity index (χ1) is 14.2. The van der Waals surface area contributed by atoms with Gasteiger partial charge in [0, 0.05) is 17.3 Å². The minimum absolute atomic E-state index is 0.234. The first-order valence-electron chi connectivity index (χ1n) is 9.19. The quantitative estimate of drug-likeness (QED) is 0.467. The molecule has 0 aliphatic heterocycles. The highest BCUT2D eigenvalue weighted by atomic mass is 32.1. The highest BCUT2D eigenvalue weighted by Crippen LogP contribution is 2.34. The molecule has 5 rings (SSSR count). The van der Waals surface area contributed by atoms with E-state index in [0.29, 0.717) is 11.2 Å². The summed E-state index contributed by atoms with van der Waals surface area (Å²) in [6.07, 6.45) is 2.23. The van der Waals surface area contributed by atoms with Gasteiger partial charge < -0.3 is 5.11 Å². The van der Waals surface area contributed by atoms with Gasteiger partial charge in [0.2, 0.25) is 0 Å². The highest BCUT2D eigenvalue weighted by Gasteiger charge is 2.19. The number of rotatable bonds is 4. The van der Waals surface area contributed by atoms with Gasteiger partial charge in [-0.05, 0) is 28.1 Å². The van der Waals surface area contributed by atoms with Crippen molar-refractivity contribution >= 4 is 17.0 Å². The molecule has 0 spiro atoms. The number of nitrogens with zero attached hydrogens (tertiary/aromatic N) is 2. The summed E-state index contributed by atoms with van der Waals surface area (Å²) in [4.78, 5) is 18.5. The molecule has 142 valence electrons. The molecule has 0 saturated heterocycles. The van der Waals surface area contributed by atoms with Crippen molar-refractivity contribution in [2.45, 2.75) is 6.10 Å². The van der Waals surface area contributed by atoms with Crippen molar-refractivity contribution < 1.29 is 5.11 Å². The van der Waals surface area contributed by atoms with E-state index in [9.17, 15) is 9.90 Å². The minimum atomic E-state index is -1.02. The Kier molecular flexibility index (Phi) is 4.35. The molecule has 1 atom stereocenters. The summed E-state index contributed by atoms with van der Waals surface area (Å²) in [7, 11) is 0. The molecular formula is C23H17N3O2S. The molecular weight excluding hydrogens is 382 g/mol. The number of aliphatic hydroxyl groups is 1. The van der Waals surface area contributed by atoms with Crippen LogP contribution in [0, 0.1) is 0 Å². The van der Waals surface area contributed by atoms with Crippen LogP contribution < -0.4 is 5.56 Å². The lowest BCUT2D eigenvalue weighted by Gasteiger charge is -2.10. The van der Waals surface area contributed by atoms with Gasteiger partial charge >= 0.3 is 0 Å². The van der Waals surface area contributed by atoms with E-state index in [1.54, 1.807) is 29.7 Å². The van der Waals surface area contributed by atoms with Crippen LogP contribution >= 0.6 is 11.3 Å². The molecule has 5 nitrogen and oxygen atoms in total. The zero-order chi connectivity index (χ0) is 19.8. The fourth-order valence-electron chi connectivity index (χ4n) is 3.42. The number of aliphatic hydroxyl groups excluding tert-OH is 1. The number of nitrogens with one attached hydrogen (secondary N) is 1. The monoisotopic (exact) mass is 399 g/mol. The predicted molar refractivity (Wildman–Crippen MR) is 115 cm³/mol. The van der Waals surface area contributed by atoms with Crippen LogP contribution in [0.5, 0.6) is 0 Å². The molecule has 0 saturated carbocycles. The third-order valence-electron chi connectivity index (χ3n) is 4.95. The van der Waals surface area contributed by atoms with E-state index in [-0.39, 0.29) is 11.1 Å². The Balaban J connectivity index is 1.56. The van der Waals surface area contributed by atoms with Crippen molar-refractivity contribution in [3.8, 4) is 21.6 Å². The molecule has 0 amide bonds. The number of H-pyrrole nitrogens is 1. The van der Waals surface area contributed by atoms with Crippen LogP contribution in [0.4, 0.5) is 0 Å². The molecule has 0 aliphatic carbocycles. The van der Waals surface area contributed by atoms with Crippen molar-refractivity contribution in [2.75, 3.05) is 0 Å². The van der Waals surface area contributed by atoms with E-state index >= 15 is 0 Å². The van der Waals surface area contributed by atoms with E-state index < -0.39 is 6.10 Å². The Hall–Kier alpha value is -3.48. The maximum atomic E-state index is 12.9. The Bertz CT molecular complexity index is 1340. The van der Waals surface area contributed by atoms with Gasteiger partial charge in [0.15, 0.2) is 5.65 Å². The number of aromatic nitrogens is 3. The molecule has 0 aliphatic rings. The van der Waals surface area contributed by atoms with Gasteiger partial charge in [-0.15, -0.1) is 11.3 Å². The van der Waals surface area contributed by atoms with Crippen LogP contribution in [0.3, 0.4) is 0 Å². The molecule has 2 N–H and O–H groups in total. The van der Waals surface area contributed by atoms with Crippen molar-refractivity contribution in [2.24, 2.45) is 0 Å². The van der Waals surface area contributed by atoms with E-state index in [2.05, 4.69) is 33.7 Å². The van der Waals surface area contributed by atoms with Gasteiger partial charge in [-0.25, -0.2) is 9.50 Å². The first-order valence-corrected chi connectivity index (χ1v) is 10.1. The third-order valence-corrected chi connectivity index (χ3v) is 5.91. The lowest BCUT2D eigenvalue weighted by Crippen LogP contribution is -2.22. The summed E-state index contributed by atoms with van der Waals surface area (Å²) >= 11 is 1.61. The zero-order valence-corrected chi connectivity index (χ0v) is 16.1. The summed E-state index contributed by atoms with van der Waals surface area (Å²) in [6, 6.07) is 21.4. The third kappa shape index (κ3) is 3.08. The molecule has 3 aromatic heterocycles. The Labute approximate surface area is 170 Å². The van der Waals surface area contributed by atoms with E-state index in [4.69, 9.17) is 0 Å². The first kappa shape index (κ1) is 17.6. The molecule has 0 fully saturated rings. The van der Waals surface area contributed by atoms with Gasteiger partial charge in [0.05, 0.1) is 11.1 Å². The summed E-state index contributed by atoms with van der Waals surface area (Å²) in [5.41, 5.74) is 4.26. The summed E-state index contributed by atoms with van der Waals surface area (Å²) in [5, 5.41) is 15.7. The van der Waals surface area contributed by atoms with Gasteiger partial charge in [0.1, 0.15) is 6.10 Å². The van der Waals surface area contributed by atoms with E-state index in [0.717, 1.165) is 21.6 Å². The van der Waals surface area contributed by atoms with Crippen molar-refractivity contribution in [1.82, 2.24) is 14.6 Å². The lowest BCUT2D eigenvalue weighted by molar-refractivity contribution is 0.218. The second-order valence-corrected chi connectivity index (χ2v) is 7.65. The van der Waals surface area contributed by atoms with Crippen LogP contribution in [0.15, 0.2) is 89.3 Å². The number of hydrogen-bond donors (Lipinski definition) is 2. The van der Waals surface area contributed by atoms with Gasteiger partial charge in [-0.3, -0.25) is 9.89 Å². The Morgan fingerprint density at radius 1 is 1.00 bits per heavy atom. The fraction of sp³-hybridized carbons (Fsp3) is 0.0435. The standard InChI is InChI=1S/C23H17N3O2S/c27-21(16-9-5-2-6-10-16)19-12-24-22-18(13-25-26(22)23(19)28)20-11-17(14-29-20)15-7-3-1-4-8-15/h1-14,21,25,27H. The zero-order valence-electron chi connectivity index (χ0n) is 15.3. The SMILES string of the molecule is O=c1c(C(O)c2ccccc2)cnc2c(-c3cc(-c4ccccc4)cs3)c[nH]n12. The molecule has 3 heterocycles. The molecule has 29 heavy (non-hydrogen) atoms. The van der Waals surface area contributed by atoms with Crippen molar-refractivity contribution in [1.29, 1.82) is 0 Å². The molecule has 0 radical (unpaired) electrons. The number of aromatic amines is 1. The summed E-state index contributed by atoms with van der Waals surface area (Å²) in [5.74, 6) is 0. The highest BCUT2D eigenvalue weighted by molar-refractivity contribution is 7.14. The summed E-state index contributed by atoms with van der Waals surface area (Å²) in [6.45, 7) is 0. The average Bonchev–Trinajstić information content (AvgIpc) is 3.42. The predicted octanol–water partition coefficient (Wildman–Crippen LogP) is 4.50. The fourth-order valence-corrected chi connectivity index (χ4v) is 4.35. The Morgan fingerprint density at radius 3 is 2.48 bits per heavy atom. The average molecular weight is 399 g/mol. The minimum Gasteiger partial charge on any atom is -0.383 e. The second-order valence-electron chi connectivity index (χ2n) is 6.74. The summed E-state index contributed by atoms with van der Waals surface area (Å²) < 4.78 is 1.39. The number of thiophene rings is 1. The largest absolute Gasteiger partial charge is 0.383 e. The lowest BCUT2D eigenvalue weighted by atomic mass is 10.0. The van der Waals surface area contributed by atoms with Crippen LogP contribution in [-0.2, 0) is 0 Å².